The van der Waals surface area contributed by atoms with Crippen LogP contribution < -0.4 is 20.7 Å². The molecule has 0 aromatic heterocycles. The van der Waals surface area contributed by atoms with Gasteiger partial charge in [0, 0.05) is 17.9 Å². The fourth-order valence-electron chi connectivity index (χ4n) is 3.81. The smallest absolute Gasteiger partial charge is 0.265 e. The zero-order valence-electron chi connectivity index (χ0n) is 18.1. The number of amides is 3. The summed E-state index contributed by atoms with van der Waals surface area (Å²) in [5.41, 5.74) is 2.46. The van der Waals surface area contributed by atoms with Gasteiger partial charge in [-0.15, -0.1) is 0 Å². The number of fused-ring (bicyclic) bond motifs is 1. The van der Waals surface area contributed by atoms with Crippen molar-refractivity contribution in [3.63, 3.8) is 0 Å². The summed E-state index contributed by atoms with van der Waals surface area (Å²) in [6.45, 7) is 4.36. The molecule has 8 nitrogen and oxygen atoms in total. The van der Waals surface area contributed by atoms with Gasteiger partial charge in [0.05, 0.1) is 11.7 Å². The molecular formula is C24H27N3O5. The van der Waals surface area contributed by atoms with Gasteiger partial charge in [-0.1, -0.05) is 19.1 Å². The third-order valence-electron chi connectivity index (χ3n) is 5.66. The first-order valence-corrected chi connectivity index (χ1v) is 10.9. The lowest BCUT2D eigenvalue weighted by atomic mass is 10.0. The van der Waals surface area contributed by atoms with E-state index in [-0.39, 0.29) is 23.8 Å². The Morgan fingerprint density at radius 1 is 1.22 bits per heavy atom. The van der Waals surface area contributed by atoms with Crippen LogP contribution in [0.15, 0.2) is 42.5 Å². The maximum absolute atomic E-state index is 12.8. The van der Waals surface area contributed by atoms with Gasteiger partial charge < -0.3 is 25.4 Å². The van der Waals surface area contributed by atoms with Crippen molar-refractivity contribution in [3.05, 3.63) is 53.6 Å². The summed E-state index contributed by atoms with van der Waals surface area (Å²) in [6, 6.07) is 12.0. The van der Waals surface area contributed by atoms with Crippen molar-refractivity contribution < 1.29 is 23.9 Å². The maximum atomic E-state index is 12.8. The topological polar surface area (TPSA) is 106 Å². The normalized spacial score (nSPS) is 20.5. The zero-order valence-corrected chi connectivity index (χ0v) is 18.1. The Hall–Kier alpha value is -3.39. The molecule has 0 aliphatic carbocycles. The molecule has 2 aliphatic rings. The van der Waals surface area contributed by atoms with Crippen molar-refractivity contribution in [2.45, 2.75) is 51.4 Å². The van der Waals surface area contributed by atoms with Crippen LogP contribution in [0.2, 0.25) is 0 Å². The molecule has 3 atom stereocenters. The van der Waals surface area contributed by atoms with E-state index in [2.05, 4.69) is 16.0 Å². The van der Waals surface area contributed by atoms with Crippen molar-refractivity contribution in [1.29, 1.82) is 0 Å². The molecule has 32 heavy (non-hydrogen) atoms. The second-order valence-electron chi connectivity index (χ2n) is 8.03. The van der Waals surface area contributed by atoms with Crippen LogP contribution in [0.3, 0.4) is 0 Å². The fourth-order valence-corrected chi connectivity index (χ4v) is 3.81. The van der Waals surface area contributed by atoms with Gasteiger partial charge in [-0.3, -0.25) is 14.4 Å². The van der Waals surface area contributed by atoms with Gasteiger partial charge in [0.25, 0.3) is 17.7 Å². The van der Waals surface area contributed by atoms with Gasteiger partial charge in [0.2, 0.25) is 0 Å². The maximum Gasteiger partial charge on any atom is 0.265 e. The SMILES string of the molecule is CCC1Oc2cc(C(C)NC(=O)c3cccc(NC(=O)C4CCCO4)c3)ccc2NC1=O. The molecule has 2 aliphatic heterocycles. The molecule has 4 rings (SSSR count). The van der Waals surface area contributed by atoms with Crippen LogP contribution in [0.5, 0.6) is 5.75 Å². The van der Waals surface area contributed by atoms with E-state index in [4.69, 9.17) is 9.47 Å². The lowest BCUT2D eigenvalue weighted by Gasteiger charge is -2.26. The quantitative estimate of drug-likeness (QED) is 0.642. The number of benzene rings is 2. The van der Waals surface area contributed by atoms with Crippen LogP contribution in [-0.2, 0) is 14.3 Å². The summed E-state index contributed by atoms with van der Waals surface area (Å²) in [5.74, 6) is -0.0153. The van der Waals surface area contributed by atoms with Crippen molar-refractivity contribution >= 4 is 29.1 Å². The lowest BCUT2D eigenvalue weighted by Crippen LogP contribution is -2.36. The summed E-state index contributed by atoms with van der Waals surface area (Å²) in [4.78, 5) is 37.0. The molecule has 8 heteroatoms. The fraction of sp³-hybridized carbons (Fsp3) is 0.375. The first-order chi connectivity index (χ1) is 15.4. The number of hydrogen-bond acceptors (Lipinski definition) is 5. The van der Waals surface area contributed by atoms with E-state index in [0.29, 0.717) is 42.1 Å². The largest absolute Gasteiger partial charge is 0.478 e. The molecule has 3 amide bonds. The van der Waals surface area contributed by atoms with Gasteiger partial charge in [0.1, 0.15) is 11.9 Å². The van der Waals surface area contributed by atoms with Gasteiger partial charge in [-0.25, -0.2) is 0 Å². The summed E-state index contributed by atoms with van der Waals surface area (Å²) < 4.78 is 11.2. The molecule has 2 heterocycles. The van der Waals surface area contributed by atoms with E-state index < -0.39 is 12.2 Å². The average Bonchev–Trinajstić information content (AvgIpc) is 3.33. The Labute approximate surface area is 186 Å². The van der Waals surface area contributed by atoms with Crippen molar-refractivity contribution in [2.75, 3.05) is 17.2 Å². The lowest BCUT2D eigenvalue weighted by molar-refractivity contribution is -0.125. The summed E-state index contributed by atoms with van der Waals surface area (Å²) >= 11 is 0. The molecule has 3 unspecified atom stereocenters. The van der Waals surface area contributed by atoms with Crippen molar-refractivity contribution in [2.24, 2.45) is 0 Å². The van der Waals surface area contributed by atoms with Crippen LogP contribution >= 0.6 is 0 Å². The van der Waals surface area contributed by atoms with Crippen LogP contribution in [0, 0.1) is 0 Å². The number of carbonyl (C=O) groups excluding carboxylic acids is 3. The van der Waals surface area contributed by atoms with E-state index in [1.807, 2.05) is 26.0 Å². The molecular weight excluding hydrogens is 410 g/mol. The van der Waals surface area contributed by atoms with Crippen LogP contribution in [-0.4, -0.2) is 36.5 Å². The van der Waals surface area contributed by atoms with E-state index in [1.54, 1.807) is 30.3 Å². The number of hydrogen-bond donors (Lipinski definition) is 3. The summed E-state index contributed by atoms with van der Waals surface area (Å²) in [6.07, 6.45) is 1.20. The van der Waals surface area contributed by atoms with E-state index in [9.17, 15) is 14.4 Å². The van der Waals surface area contributed by atoms with E-state index >= 15 is 0 Å². The van der Waals surface area contributed by atoms with Crippen LogP contribution in [0.4, 0.5) is 11.4 Å². The second kappa shape index (κ2) is 9.40. The molecule has 168 valence electrons. The minimum Gasteiger partial charge on any atom is -0.478 e. The first kappa shape index (κ1) is 21.8. The van der Waals surface area contributed by atoms with Gasteiger partial charge in [-0.2, -0.15) is 0 Å². The van der Waals surface area contributed by atoms with Crippen molar-refractivity contribution in [3.8, 4) is 5.75 Å². The molecule has 0 radical (unpaired) electrons. The summed E-state index contributed by atoms with van der Waals surface area (Å²) in [5, 5.41) is 8.63. The van der Waals surface area contributed by atoms with Gasteiger partial charge >= 0.3 is 0 Å². The highest BCUT2D eigenvalue weighted by molar-refractivity contribution is 5.99. The Bertz CT molecular complexity index is 1030. The van der Waals surface area contributed by atoms with E-state index in [1.165, 1.54) is 0 Å². The molecule has 0 bridgehead atoms. The Morgan fingerprint density at radius 2 is 2.06 bits per heavy atom. The standard InChI is InChI=1S/C24H27N3O5/c1-3-19-23(29)27-18-10-9-15(13-21(18)32-19)14(2)25-22(28)16-6-4-7-17(12-16)26-24(30)20-8-5-11-31-20/h4,6-7,9-10,12-14,19-20H,3,5,8,11H2,1-2H3,(H,25,28)(H,26,30)(H,27,29). The molecule has 1 saturated heterocycles. The highest BCUT2D eigenvalue weighted by Gasteiger charge is 2.27. The zero-order chi connectivity index (χ0) is 22.7. The Kier molecular flexibility index (Phi) is 6.41. The monoisotopic (exact) mass is 437 g/mol. The number of anilines is 2. The van der Waals surface area contributed by atoms with E-state index in [0.717, 1.165) is 12.0 Å². The number of carbonyl (C=O) groups is 3. The van der Waals surface area contributed by atoms with Crippen LogP contribution in [0.25, 0.3) is 0 Å². The van der Waals surface area contributed by atoms with Gasteiger partial charge in [0.15, 0.2) is 6.10 Å². The number of ether oxygens (including phenoxy) is 2. The highest BCUT2D eigenvalue weighted by atomic mass is 16.5. The minimum atomic E-state index is -0.518. The average molecular weight is 437 g/mol. The highest BCUT2D eigenvalue weighted by Crippen LogP contribution is 2.33. The van der Waals surface area contributed by atoms with Crippen LogP contribution in [0.1, 0.15) is 55.1 Å². The number of rotatable bonds is 6. The third kappa shape index (κ3) is 4.75. The molecule has 2 aromatic rings. The predicted molar refractivity (Wildman–Crippen MR) is 120 cm³/mol. The molecule has 0 spiro atoms. The molecule has 1 fully saturated rings. The van der Waals surface area contributed by atoms with Gasteiger partial charge in [-0.05, 0) is 62.1 Å². The Balaban J connectivity index is 1.42. The summed E-state index contributed by atoms with van der Waals surface area (Å²) in [7, 11) is 0. The predicted octanol–water partition coefficient (Wildman–Crippen LogP) is 3.40. The Morgan fingerprint density at radius 3 is 2.81 bits per heavy atom. The molecule has 3 N–H and O–H groups in total. The minimum absolute atomic E-state index is 0.152. The first-order valence-electron chi connectivity index (χ1n) is 10.9. The second-order valence-corrected chi connectivity index (χ2v) is 8.03. The van der Waals surface area contributed by atoms with Crippen molar-refractivity contribution in [1.82, 2.24) is 5.32 Å². The number of nitrogens with one attached hydrogen (secondary N) is 3. The third-order valence-corrected chi connectivity index (χ3v) is 5.66. The molecule has 2 aromatic carbocycles. The molecule has 0 saturated carbocycles.